The largest absolute Gasteiger partial charge is 0.481 e. The smallest absolute Gasteiger partial charge is 0.329 e. The zero-order valence-electron chi connectivity index (χ0n) is 15.8. The molecule has 1 aromatic rings. The molecular weight excluding hydrogens is 378 g/mol. The number of hydrogen-bond donors (Lipinski definition) is 4. The molecule has 10 heteroatoms. The Morgan fingerprint density at radius 2 is 1.76 bits per heavy atom. The predicted molar refractivity (Wildman–Crippen MR) is 104 cm³/mol. The van der Waals surface area contributed by atoms with E-state index >= 15 is 0 Å². The summed E-state index contributed by atoms with van der Waals surface area (Å²) in [6.07, 6.45) is 0.952. The summed E-state index contributed by atoms with van der Waals surface area (Å²) < 4.78 is 0. The average Bonchev–Trinajstić information content (AvgIpc) is 2.91. The Kier molecular flexibility index (Phi) is 5.53. The van der Waals surface area contributed by atoms with Crippen molar-refractivity contribution in [3.63, 3.8) is 0 Å². The lowest BCUT2D eigenvalue weighted by Crippen LogP contribution is -2.55. The number of carboxylic acid groups (broad SMARTS) is 1. The van der Waals surface area contributed by atoms with Crippen LogP contribution in [0.1, 0.15) is 37.7 Å². The molecule has 1 spiro atoms. The molecule has 5 N–H and O–H groups in total. The Balaban J connectivity index is 1.64. The highest BCUT2D eigenvalue weighted by Crippen LogP contribution is 2.32. The first kappa shape index (κ1) is 20.3. The molecule has 1 aromatic carbocycles. The fourth-order valence-corrected chi connectivity index (χ4v) is 3.67. The molecule has 10 nitrogen and oxygen atoms in total. The number of nitrogens with zero attached hydrogens (tertiary/aromatic N) is 2. The maximum absolute atomic E-state index is 13.0. The van der Waals surface area contributed by atoms with Gasteiger partial charge in [0.05, 0.1) is 5.69 Å². The van der Waals surface area contributed by atoms with Crippen molar-refractivity contribution in [2.45, 2.75) is 37.6 Å². The summed E-state index contributed by atoms with van der Waals surface area (Å²) in [5, 5.41) is 18.9. The first-order valence-electron chi connectivity index (χ1n) is 9.34. The van der Waals surface area contributed by atoms with E-state index in [0.717, 1.165) is 4.90 Å². The fraction of sp³-hybridized carbons (Fsp3) is 0.421. The number of piperidine rings is 1. The number of urea groups is 1. The number of carbonyl (C=O) groups excluding carboxylic acids is 3. The number of amides is 4. The molecule has 154 valence electrons. The van der Waals surface area contributed by atoms with Crippen molar-refractivity contribution in [1.82, 2.24) is 10.2 Å². The van der Waals surface area contributed by atoms with E-state index in [9.17, 15) is 19.2 Å². The second-order valence-corrected chi connectivity index (χ2v) is 7.24. The van der Waals surface area contributed by atoms with Gasteiger partial charge < -0.3 is 21.1 Å². The minimum absolute atomic E-state index is 0.0601. The topological polar surface area (TPSA) is 157 Å². The molecule has 3 rings (SSSR count). The van der Waals surface area contributed by atoms with Crippen molar-refractivity contribution < 1.29 is 24.3 Å². The molecular formula is C19H23N5O5. The standard InChI is InChI=1S/C19H23N5O5/c20-16(21)12-4-6-13(7-5-12)24-17(28)19(22-18(24)29)8-10-23(11-9-19)14(25)2-1-3-15(26)27/h4-7H,1-3,8-11H2,(H3,20,21)(H,22,29)(H,26,27). The number of anilines is 1. The van der Waals surface area contributed by atoms with Crippen LogP contribution in [-0.2, 0) is 14.4 Å². The van der Waals surface area contributed by atoms with Gasteiger partial charge in [0.2, 0.25) is 5.91 Å². The first-order valence-corrected chi connectivity index (χ1v) is 9.34. The lowest BCUT2D eigenvalue weighted by Gasteiger charge is -2.37. The third-order valence-corrected chi connectivity index (χ3v) is 5.35. The van der Waals surface area contributed by atoms with Gasteiger partial charge in [-0.3, -0.25) is 19.8 Å². The van der Waals surface area contributed by atoms with E-state index in [4.69, 9.17) is 16.2 Å². The number of amidine groups is 1. The molecule has 0 bridgehead atoms. The summed E-state index contributed by atoms with van der Waals surface area (Å²) in [5.41, 5.74) is 5.26. The molecule has 0 saturated carbocycles. The highest BCUT2D eigenvalue weighted by atomic mass is 16.4. The summed E-state index contributed by atoms with van der Waals surface area (Å²) in [4.78, 5) is 51.0. The van der Waals surface area contributed by atoms with Gasteiger partial charge in [-0.2, -0.15) is 0 Å². The minimum Gasteiger partial charge on any atom is -0.481 e. The van der Waals surface area contributed by atoms with Crippen LogP contribution in [0.3, 0.4) is 0 Å². The van der Waals surface area contributed by atoms with Gasteiger partial charge in [-0.05, 0) is 43.5 Å². The number of imide groups is 1. The molecule has 2 fully saturated rings. The summed E-state index contributed by atoms with van der Waals surface area (Å²) >= 11 is 0. The maximum Gasteiger partial charge on any atom is 0.329 e. The highest BCUT2D eigenvalue weighted by molar-refractivity contribution is 6.23. The van der Waals surface area contributed by atoms with E-state index in [1.807, 2.05) is 0 Å². The Hall–Kier alpha value is -3.43. The van der Waals surface area contributed by atoms with Crippen molar-refractivity contribution in [3.8, 4) is 0 Å². The lowest BCUT2D eigenvalue weighted by atomic mass is 9.87. The summed E-state index contributed by atoms with van der Waals surface area (Å²) in [5.74, 6) is -1.55. The van der Waals surface area contributed by atoms with E-state index < -0.39 is 17.5 Å². The SMILES string of the molecule is N=C(N)c1ccc(N2C(=O)NC3(CCN(C(=O)CCCC(=O)O)CC3)C2=O)cc1. The Morgan fingerprint density at radius 1 is 1.14 bits per heavy atom. The molecule has 0 aliphatic carbocycles. The van der Waals surface area contributed by atoms with Crippen molar-refractivity contribution in [1.29, 1.82) is 5.41 Å². The fourth-order valence-electron chi connectivity index (χ4n) is 3.67. The van der Waals surface area contributed by atoms with Gasteiger partial charge in [0.1, 0.15) is 11.4 Å². The van der Waals surface area contributed by atoms with Crippen molar-refractivity contribution in [3.05, 3.63) is 29.8 Å². The Labute approximate surface area is 167 Å². The second-order valence-electron chi connectivity index (χ2n) is 7.24. The molecule has 0 aromatic heterocycles. The maximum atomic E-state index is 13.0. The van der Waals surface area contributed by atoms with E-state index in [1.54, 1.807) is 29.2 Å². The van der Waals surface area contributed by atoms with Gasteiger partial charge in [-0.15, -0.1) is 0 Å². The molecule has 2 saturated heterocycles. The Morgan fingerprint density at radius 3 is 2.31 bits per heavy atom. The minimum atomic E-state index is -1.05. The number of carboxylic acids is 1. The van der Waals surface area contributed by atoms with E-state index in [0.29, 0.717) is 37.2 Å². The summed E-state index contributed by atoms with van der Waals surface area (Å²) in [6, 6.07) is 5.75. The molecule has 0 atom stereocenters. The zero-order chi connectivity index (χ0) is 21.2. The quantitative estimate of drug-likeness (QED) is 0.311. The van der Waals surface area contributed by atoms with Crippen LogP contribution < -0.4 is 16.0 Å². The summed E-state index contributed by atoms with van der Waals surface area (Å²) in [7, 11) is 0. The van der Waals surface area contributed by atoms with Crippen LogP contribution in [-0.4, -0.2) is 58.3 Å². The predicted octanol–water partition coefficient (Wildman–Crippen LogP) is 0.643. The van der Waals surface area contributed by atoms with E-state index in [-0.39, 0.29) is 36.9 Å². The zero-order valence-corrected chi connectivity index (χ0v) is 15.8. The van der Waals surface area contributed by atoms with Gasteiger partial charge in [0.15, 0.2) is 0 Å². The van der Waals surface area contributed by atoms with Crippen molar-refractivity contribution in [2.75, 3.05) is 18.0 Å². The number of hydrogen-bond acceptors (Lipinski definition) is 5. The van der Waals surface area contributed by atoms with Crippen LogP contribution in [0.15, 0.2) is 24.3 Å². The third kappa shape index (κ3) is 4.05. The molecule has 2 aliphatic rings. The second kappa shape index (κ2) is 7.90. The Bertz CT molecular complexity index is 858. The van der Waals surface area contributed by atoms with Crippen LogP contribution in [0.4, 0.5) is 10.5 Å². The molecule has 2 aliphatic heterocycles. The highest BCUT2D eigenvalue weighted by Gasteiger charge is 2.53. The van der Waals surface area contributed by atoms with Crippen molar-refractivity contribution >= 4 is 35.3 Å². The number of likely N-dealkylation sites (tertiary alicyclic amines) is 1. The summed E-state index contributed by atoms with van der Waals surface area (Å²) in [6.45, 7) is 0.629. The first-order chi connectivity index (χ1) is 13.7. The number of rotatable bonds is 6. The van der Waals surface area contributed by atoms with Crippen LogP contribution >= 0.6 is 0 Å². The monoisotopic (exact) mass is 401 g/mol. The lowest BCUT2D eigenvalue weighted by molar-refractivity contribution is -0.138. The molecule has 0 unspecified atom stereocenters. The number of carbonyl (C=O) groups is 4. The average molecular weight is 401 g/mol. The van der Waals surface area contributed by atoms with Crippen LogP contribution in [0.25, 0.3) is 0 Å². The van der Waals surface area contributed by atoms with Crippen LogP contribution in [0, 0.1) is 5.41 Å². The third-order valence-electron chi connectivity index (χ3n) is 5.35. The van der Waals surface area contributed by atoms with Gasteiger partial charge in [0.25, 0.3) is 5.91 Å². The van der Waals surface area contributed by atoms with E-state index in [2.05, 4.69) is 5.32 Å². The van der Waals surface area contributed by atoms with Gasteiger partial charge in [0, 0.05) is 31.5 Å². The number of nitrogens with one attached hydrogen (secondary N) is 2. The number of aliphatic carboxylic acids is 1. The molecule has 0 radical (unpaired) electrons. The van der Waals surface area contributed by atoms with Gasteiger partial charge in [-0.25, -0.2) is 9.69 Å². The van der Waals surface area contributed by atoms with Crippen molar-refractivity contribution in [2.24, 2.45) is 5.73 Å². The number of nitrogens with two attached hydrogens (primary N) is 1. The van der Waals surface area contributed by atoms with Crippen LogP contribution in [0.2, 0.25) is 0 Å². The molecule has 29 heavy (non-hydrogen) atoms. The van der Waals surface area contributed by atoms with E-state index in [1.165, 1.54) is 0 Å². The number of benzene rings is 1. The number of nitrogen functional groups attached to an aromatic ring is 1. The molecule has 2 heterocycles. The van der Waals surface area contributed by atoms with Crippen LogP contribution in [0.5, 0.6) is 0 Å². The normalized spacial score (nSPS) is 18.1. The van der Waals surface area contributed by atoms with Gasteiger partial charge in [-0.1, -0.05) is 0 Å². The molecule has 4 amide bonds. The van der Waals surface area contributed by atoms with Gasteiger partial charge >= 0.3 is 12.0 Å².